The summed E-state index contributed by atoms with van der Waals surface area (Å²) in [4.78, 5) is 20.0. The summed E-state index contributed by atoms with van der Waals surface area (Å²) >= 11 is 1.47. The predicted molar refractivity (Wildman–Crippen MR) is 83.4 cm³/mol. The number of rotatable bonds is 3. The van der Waals surface area contributed by atoms with E-state index in [1.165, 1.54) is 17.8 Å². The molecule has 0 unspecified atom stereocenters. The number of nitrogens with one attached hydrogen (secondary N) is 1. The molecular weight excluding hydrogens is 270 g/mol. The minimum absolute atomic E-state index is 0.0782. The monoisotopic (exact) mass is 295 g/mol. The van der Waals surface area contributed by atoms with Crippen LogP contribution >= 0.6 is 11.3 Å². The first-order valence-corrected chi connectivity index (χ1v) is 8.19. The van der Waals surface area contributed by atoms with Crippen molar-refractivity contribution in [3.63, 3.8) is 0 Å². The zero-order valence-electron chi connectivity index (χ0n) is 12.9. The number of hydrogen-bond donors (Lipinski definition) is 1. The van der Waals surface area contributed by atoms with Crippen LogP contribution < -0.4 is 5.32 Å². The second kappa shape index (κ2) is 6.22. The van der Waals surface area contributed by atoms with Crippen molar-refractivity contribution in [2.75, 3.05) is 26.7 Å². The van der Waals surface area contributed by atoms with E-state index in [0.29, 0.717) is 5.92 Å². The van der Waals surface area contributed by atoms with Crippen molar-refractivity contribution in [1.82, 2.24) is 15.2 Å². The maximum Gasteiger partial charge on any atom is 0.265 e. The topological polar surface area (TPSA) is 45.2 Å². The highest BCUT2D eigenvalue weighted by atomic mass is 32.1. The van der Waals surface area contributed by atoms with Crippen LogP contribution in [-0.4, -0.2) is 42.5 Å². The highest BCUT2D eigenvalue weighted by Crippen LogP contribution is 2.29. The molecule has 2 rings (SSSR count). The van der Waals surface area contributed by atoms with Crippen LogP contribution in [0.2, 0.25) is 0 Å². The smallest absolute Gasteiger partial charge is 0.265 e. The van der Waals surface area contributed by atoms with E-state index in [0.717, 1.165) is 36.6 Å². The Morgan fingerprint density at radius 3 is 2.95 bits per heavy atom. The molecule has 112 valence electrons. The van der Waals surface area contributed by atoms with Crippen molar-refractivity contribution >= 4 is 17.2 Å². The van der Waals surface area contributed by atoms with Gasteiger partial charge >= 0.3 is 0 Å². The summed E-state index contributed by atoms with van der Waals surface area (Å²) < 4.78 is 0. The minimum atomic E-state index is -0.0782. The third-order valence-corrected chi connectivity index (χ3v) is 4.59. The molecule has 0 bridgehead atoms. The average molecular weight is 295 g/mol. The summed E-state index contributed by atoms with van der Waals surface area (Å²) in [6, 6.07) is 0. The number of nitrogens with zero attached hydrogens (tertiary/aromatic N) is 2. The third-order valence-electron chi connectivity index (χ3n) is 3.77. The average Bonchev–Trinajstić information content (AvgIpc) is 2.87. The highest BCUT2D eigenvalue weighted by Gasteiger charge is 2.30. The number of thiazole rings is 1. The van der Waals surface area contributed by atoms with Gasteiger partial charge in [0.2, 0.25) is 0 Å². The van der Waals surface area contributed by atoms with Gasteiger partial charge < -0.3 is 10.2 Å². The fourth-order valence-corrected chi connectivity index (χ4v) is 3.74. The van der Waals surface area contributed by atoms with E-state index in [1.54, 1.807) is 5.51 Å². The van der Waals surface area contributed by atoms with Crippen LogP contribution in [0.4, 0.5) is 0 Å². The van der Waals surface area contributed by atoms with Gasteiger partial charge in [-0.2, -0.15) is 0 Å². The van der Waals surface area contributed by atoms with E-state index >= 15 is 0 Å². The normalized spacial score (nSPS) is 20.2. The molecule has 2 heterocycles. The number of likely N-dealkylation sites (tertiary alicyclic amines) is 1. The van der Waals surface area contributed by atoms with Crippen molar-refractivity contribution < 1.29 is 4.79 Å². The van der Waals surface area contributed by atoms with Crippen LogP contribution in [-0.2, 0) is 5.41 Å². The van der Waals surface area contributed by atoms with Gasteiger partial charge in [0.1, 0.15) is 4.88 Å². The molecule has 0 saturated carbocycles. The van der Waals surface area contributed by atoms with Crippen molar-refractivity contribution in [2.24, 2.45) is 5.92 Å². The van der Waals surface area contributed by atoms with Gasteiger partial charge in [0.05, 0.1) is 11.2 Å². The van der Waals surface area contributed by atoms with Gasteiger partial charge in [0, 0.05) is 18.5 Å². The summed E-state index contributed by atoms with van der Waals surface area (Å²) in [5.74, 6) is 0.738. The molecule has 1 aliphatic rings. The molecule has 1 atom stereocenters. The molecule has 1 aromatic rings. The van der Waals surface area contributed by atoms with Gasteiger partial charge in [0.25, 0.3) is 5.91 Å². The minimum Gasteiger partial charge on any atom is -0.338 e. The molecule has 1 amide bonds. The summed E-state index contributed by atoms with van der Waals surface area (Å²) in [5.41, 5.74) is 2.65. The first-order chi connectivity index (χ1) is 9.43. The summed E-state index contributed by atoms with van der Waals surface area (Å²) in [6.45, 7) is 9.05. The Hall–Kier alpha value is -0.940. The summed E-state index contributed by atoms with van der Waals surface area (Å²) in [5, 5.41) is 3.22. The van der Waals surface area contributed by atoms with E-state index < -0.39 is 0 Å². The lowest BCUT2D eigenvalue weighted by molar-refractivity contribution is 0.0676. The number of aromatic nitrogens is 1. The van der Waals surface area contributed by atoms with Gasteiger partial charge in [-0.1, -0.05) is 20.8 Å². The summed E-state index contributed by atoms with van der Waals surface area (Å²) in [7, 11) is 1.97. The molecule has 0 radical (unpaired) electrons. The van der Waals surface area contributed by atoms with Crippen LogP contribution in [0.1, 0.15) is 49.0 Å². The number of piperidine rings is 1. The van der Waals surface area contributed by atoms with Gasteiger partial charge in [0.15, 0.2) is 0 Å². The molecular formula is C15H25N3OS. The highest BCUT2D eigenvalue weighted by molar-refractivity contribution is 7.11. The van der Waals surface area contributed by atoms with Crippen LogP contribution in [0.5, 0.6) is 0 Å². The zero-order chi connectivity index (χ0) is 14.8. The molecule has 20 heavy (non-hydrogen) atoms. The first-order valence-electron chi connectivity index (χ1n) is 7.31. The number of hydrogen-bond acceptors (Lipinski definition) is 4. The quantitative estimate of drug-likeness (QED) is 0.932. The third kappa shape index (κ3) is 3.38. The zero-order valence-corrected chi connectivity index (χ0v) is 13.7. The Kier molecular flexibility index (Phi) is 4.81. The van der Waals surface area contributed by atoms with Crippen LogP contribution in [0.3, 0.4) is 0 Å². The lowest BCUT2D eigenvalue weighted by Crippen LogP contribution is -2.42. The number of amides is 1. The first kappa shape index (κ1) is 15.4. The molecule has 1 saturated heterocycles. The van der Waals surface area contributed by atoms with Crippen molar-refractivity contribution in [2.45, 2.75) is 39.0 Å². The Labute approximate surface area is 125 Å². The Bertz CT molecular complexity index is 462. The lowest BCUT2D eigenvalue weighted by atomic mass is 9.90. The molecule has 0 aliphatic carbocycles. The Morgan fingerprint density at radius 2 is 2.30 bits per heavy atom. The fourth-order valence-electron chi connectivity index (χ4n) is 2.78. The van der Waals surface area contributed by atoms with Crippen molar-refractivity contribution in [3.8, 4) is 0 Å². The van der Waals surface area contributed by atoms with Crippen LogP contribution in [0.15, 0.2) is 5.51 Å². The van der Waals surface area contributed by atoms with Gasteiger partial charge in [-0.05, 0) is 32.4 Å². The maximum atomic E-state index is 12.8. The molecule has 0 aromatic carbocycles. The molecule has 1 N–H and O–H groups in total. The number of carbonyl (C=O) groups is 1. The fraction of sp³-hybridized carbons (Fsp3) is 0.733. The molecule has 5 heteroatoms. The molecule has 1 aromatic heterocycles. The molecule has 1 fully saturated rings. The molecule has 1 aliphatic heterocycles. The van der Waals surface area contributed by atoms with Gasteiger partial charge in [-0.15, -0.1) is 11.3 Å². The van der Waals surface area contributed by atoms with Gasteiger partial charge in [-0.25, -0.2) is 4.98 Å². The second-order valence-corrected chi connectivity index (χ2v) is 7.45. The Balaban J connectivity index is 2.13. The summed E-state index contributed by atoms with van der Waals surface area (Å²) in [6.07, 6.45) is 2.31. The van der Waals surface area contributed by atoms with Crippen molar-refractivity contribution in [1.29, 1.82) is 0 Å². The van der Waals surface area contributed by atoms with E-state index in [2.05, 4.69) is 31.1 Å². The lowest BCUT2D eigenvalue weighted by Gasteiger charge is -2.33. The Morgan fingerprint density at radius 1 is 1.55 bits per heavy atom. The van der Waals surface area contributed by atoms with Gasteiger partial charge in [-0.3, -0.25) is 4.79 Å². The van der Waals surface area contributed by atoms with Crippen LogP contribution in [0, 0.1) is 5.92 Å². The van der Waals surface area contributed by atoms with E-state index in [-0.39, 0.29) is 11.3 Å². The van der Waals surface area contributed by atoms with Crippen LogP contribution in [0.25, 0.3) is 0 Å². The standard InChI is InChI=1S/C15H25N3OS/c1-15(2,3)13-12(20-10-17-13)14(19)18-7-5-6-11(9-18)8-16-4/h10-11,16H,5-9H2,1-4H3/t11-/m1/s1. The largest absolute Gasteiger partial charge is 0.338 e. The van der Waals surface area contributed by atoms with E-state index in [1.807, 2.05) is 11.9 Å². The SMILES string of the molecule is CNC[C@H]1CCCN(C(=O)c2scnc2C(C)(C)C)C1. The molecule has 0 spiro atoms. The maximum absolute atomic E-state index is 12.8. The second-order valence-electron chi connectivity index (χ2n) is 6.60. The van der Waals surface area contributed by atoms with E-state index in [9.17, 15) is 4.79 Å². The van der Waals surface area contributed by atoms with Crippen molar-refractivity contribution in [3.05, 3.63) is 16.1 Å². The number of carbonyl (C=O) groups excluding carboxylic acids is 1. The molecule has 4 nitrogen and oxygen atoms in total. The predicted octanol–water partition coefficient (Wildman–Crippen LogP) is 2.51. The van der Waals surface area contributed by atoms with E-state index in [4.69, 9.17) is 0 Å².